The van der Waals surface area contributed by atoms with Gasteiger partial charge in [0.1, 0.15) is 5.58 Å². The van der Waals surface area contributed by atoms with Gasteiger partial charge in [0.2, 0.25) is 5.76 Å². The molecular formula is C25H27ClN2O5. The second-order valence-corrected chi connectivity index (χ2v) is 8.65. The molecule has 0 N–H and O–H groups in total. The highest BCUT2D eigenvalue weighted by Gasteiger charge is 2.42. The molecule has 7 nitrogen and oxygen atoms in total. The maximum atomic E-state index is 13.6. The molecule has 1 aliphatic heterocycles. The number of carbonyl (C=O) groups is 1. The predicted octanol–water partition coefficient (Wildman–Crippen LogP) is 4.35. The molecule has 0 radical (unpaired) electrons. The molecule has 174 valence electrons. The average molecular weight is 471 g/mol. The Morgan fingerprint density at radius 3 is 2.61 bits per heavy atom. The molecule has 0 aliphatic carbocycles. The molecule has 1 aliphatic rings. The third-order valence-corrected chi connectivity index (χ3v) is 5.97. The van der Waals surface area contributed by atoms with Crippen molar-refractivity contribution in [1.82, 2.24) is 9.80 Å². The minimum Gasteiger partial charge on any atom is -0.493 e. The van der Waals surface area contributed by atoms with Gasteiger partial charge < -0.3 is 23.7 Å². The zero-order valence-corrected chi connectivity index (χ0v) is 19.9. The molecule has 2 aromatic carbocycles. The first-order valence-electron chi connectivity index (χ1n) is 10.9. The van der Waals surface area contributed by atoms with Crippen LogP contribution in [0, 0.1) is 0 Å². The molecule has 33 heavy (non-hydrogen) atoms. The van der Waals surface area contributed by atoms with Crippen LogP contribution < -0.4 is 14.9 Å². The zero-order valence-electron chi connectivity index (χ0n) is 19.2. The SMILES string of the molecule is CCOc1ccc([C@H]2c3c(oc4ccc(Cl)cc4c3=O)C(=O)N2CCCN(C)C)cc1OC. The van der Waals surface area contributed by atoms with Gasteiger partial charge in [0, 0.05) is 11.6 Å². The number of methoxy groups -OCH3 is 1. The average Bonchev–Trinajstić information content (AvgIpc) is 3.06. The molecule has 0 fully saturated rings. The topological polar surface area (TPSA) is 72.2 Å². The summed E-state index contributed by atoms with van der Waals surface area (Å²) in [5, 5.41) is 0.785. The number of hydrogen-bond acceptors (Lipinski definition) is 6. The number of hydrogen-bond donors (Lipinski definition) is 0. The van der Waals surface area contributed by atoms with Crippen LogP contribution in [0.5, 0.6) is 11.5 Å². The van der Waals surface area contributed by atoms with Crippen molar-refractivity contribution in [2.75, 3.05) is 40.9 Å². The van der Waals surface area contributed by atoms with E-state index in [1.54, 1.807) is 36.3 Å². The highest BCUT2D eigenvalue weighted by molar-refractivity contribution is 6.31. The molecule has 0 saturated heterocycles. The Kier molecular flexibility index (Phi) is 6.63. The second kappa shape index (κ2) is 9.45. The highest BCUT2D eigenvalue weighted by atomic mass is 35.5. The highest BCUT2D eigenvalue weighted by Crippen LogP contribution is 2.41. The Bertz CT molecular complexity index is 1250. The maximum Gasteiger partial charge on any atom is 0.290 e. The quantitative estimate of drug-likeness (QED) is 0.487. The van der Waals surface area contributed by atoms with Crippen LogP contribution in [0.3, 0.4) is 0 Å². The van der Waals surface area contributed by atoms with Crippen molar-refractivity contribution in [1.29, 1.82) is 0 Å². The summed E-state index contributed by atoms with van der Waals surface area (Å²) in [5.41, 5.74) is 1.16. The number of carbonyl (C=O) groups excluding carboxylic acids is 1. The fraction of sp³-hybridized carbons (Fsp3) is 0.360. The second-order valence-electron chi connectivity index (χ2n) is 8.22. The molecule has 1 aromatic heterocycles. The molecule has 0 saturated carbocycles. The van der Waals surface area contributed by atoms with E-state index in [1.807, 2.05) is 33.2 Å². The Morgan fingerprint density at radius 2 is 1.91 bits per heavy atom. The van der Waals surface area contributed by atoms with Gasteiger partial charge in [-0.25, -0.2) is 0 Å². The fourth-order valence-corrected chi connectivity index (χ4v) is 4.43. The van der Waals surface area contributed by atoms with Gasteiger partial charge in [0.05, 0.1) is 30.7 Å². The normalized spacial score (nSPS) is 15.4. The van der Waals surface area contributed by atoms with Gasteiger partial charge in [0.15, 0.2) is 16.9 Å². The maximum absolute atomic E-state index is 13.6. The predicted molar refractivity (Wildman–Crippen MR) is 128 cm³/mol. The van der Waals surface area contributed by atoms with Crippen LogP contribution in [-0.4, -0.2) is 56.6 Å². The first kappa shape index (κ1) is 23.1. The fourth-order valence-electron chi connectivity index (χ4n) is 4.26. The van der Waals surface area contributed by atoms with E-state index < -0.39 is 6.04 Å². The smallest absolute Gasteiger partial charge is 0.290 e. The van der Waals surface area contributed by atoms with Gasteiger partial charge in [-0.05, 0) is 69.9 Å². The zero-order chi connectivity index (χ0) is 23.7. The van der Waals surface area contributed by atoms with Crippen molar-refractivity contribution in [3.63, 3.8) is 0 Å². The number of halogens is 1. The van der Waals surface area contributed by atoms with Gasteiger partial charge in [-0.3, -0.25) is 9.59 Å². The van der Waals surface area contributed by atoms with E-state index in [4.69, 9.17) is 25.5 Å². The van der Waals surface area contributed by atoms with E-state index in [2.05, 4.69) is 4.90 Å². The molecule has 1 atom stereocenters. The lowest BCUT2D eigenvalue weighted by molar-refractivity contribution is 0.0722. The van der Waals surface area contributed by atoms with Crippen molar-refractivity contribution >= 4 is 28.5 Å². The molecule has 0 bridgehead atoms. The summed E-state index contributed by atoms with van der Waals surface area (Å²) >= 11 is 6.14. The van der Waals surface area contributed by atoms with Crippen LogP contribution in [0.25, 0.3) is 11.0 Å². The Labute approximate surface area is 197 Å². The largest absolute Gasteiger partial charge is 0.493 e. The van der Waals surface area contributed by atoms with Crippen molar-refractivity contribution < 1.29 is 18.7 Å². The van der Waals surface area contributed by atoms with Crippen molar-refractivity contribution in [3.8, 4) is 11.5 Å². The number of amides is 1. The van der Waals surface area contributed by atoms with Crippen LogP contribution >= 0.6 is 11.6 Å². The lowest BCUT2D eigenvalue weighted by Gasteiger charge is -2.26. The first-order valence-corrected chi connectivity index (χ1v) is 11.3. The van der Waals surface area contributed by atoms with E-state index in [1.165, 1.54) is 0 Å². The minimum absolute atomic E-state index is 0.0810. The summed E-state index contributed by atoms with van der Waals surface area (Å²) in [7, 11) is 5.53. The van der Waals surface area contributed by atoms with Crippen molar-refractivity contribution in [3.05, 3.63) is 68.5 Å². The molecule has 1 amide bonds. The van der Waals surface area contributed by atoms with Crippen molar-refractivity contribution in [2.24, 2.45) is 0 Å². The number of fused-ring (bicyclic) bond motifs is 2. The Morgan fingerprint density at radius 1 is 1.12 bits per heavy atom. The van der Waals surface area contributed by atoms with Crippen LogP contribution in [0.4, 0.5) is 0 Å². The van der Waals surface area contributed by atoms with Crippen molar-refractivity contribution in [2.45, 2.75) is 19.4 Å². The molecule has 8 heteroatoms. The van der Waals surface area contributed by atoms with Gasteiger partial charge in [-0.2, -0.15) is 0 Å². The van der Waals surface area contributed by atoms with Crippen LogP contribution in [0.1, 0.15) is 41.1 Å². The summed E-state index contributed by atoms with van der Waals surface area (Å²) in [6.07, 6.45) is 0.747. The standard InChI is InChI=1S/C25H27ClN2O5/c1-5-32-19-9-7-15(13-20(19)31-4)22-21-23(29)17-14-16(26)8-10-18(17)33-24(21)25(30)28(22)12-6-11-27(2)3/h7-10,13-14,22H,5-6,11-12H2,1-4H3/t22-/m0/s1. The number of ether oxygens (including phenoxy) is 2. The monoisotopic (exact) mass is 470 g/mol. The number of benzene rings is 2. The van der Waals surface area contributed by atoms with Crippen LogP contribution in [0.15, 0.2) is 45.6 Å². The van der Waals surface area contributed by atoms with E-state index in [0.717, 1.165) is 18.5 Å². The van der Waals surface area contributed by atoms with Gasteiger partial charge in [-0.15, -0.1) is 0 Å². The molecule has 0 unspecified atom stereocenters. The minimum atomic E-state index is -0.598. The van der Waals surface area contributed by atoms with Crippen LogP contribution in [0.2, 0.25) is 5.02 Å². The summed E-state index contributed by atoms with van der Waals surface area (Å²) in [5.74, 6) is 0.926. The van der Waals surface area contributed by atoms with Gasteiger partial charge >= 0.3 is 0 Å². The molecule has 3 aromatic rings. The Hall–Kier alpha value is -3.03. The van der Waals surface area contributed by atoms with E-state index >= 15 is 0 Å². The molecule has 0 spiro atoms. The van der Waals surface area contributed by atoms with Crippen LogP contribution in [-0.2, 0) is 0 Å². The van der Waals surface area contributed by atoms with E-state index in [0.29, 0.717) is 46.2 Å². The first-order chi connectivity index (χ1) is 15.8. The summed E-state index contributed by atoms with van der Waals surface area (Å²) in [4.78, 5) is 30.8. The molecular weight excluding hydrogens is 444 g/mol. The lowest BCUT2D eigenvalue weighted by Crippen LogP contribution is -2.32. The molecule has 2 heterocycles. The van der Waals surface area contributed by atoms with E-state index in [9.17, 15) is 9.59 Å². The van der Waals surface area contributed by atoms with Gasteiger partial charge in [-0.1, -0.05) is 17.7 Å². The van der Waals surface area contributed by atoms with E-state index in [-0.39, 0.29) is 17.1 Å². The Balaban J connectivity index is 1.88. The number of nitrogens with zero attached hydrogens (tertiary/aromatic N) is 2. The third kappa shape index (κ3) is 4.30. The lowest BCUT2D eigenvalue weighted by atomic mass is 9.98. The summed E-state index contributed by atoms with van der Waals surface area (Å²) in [6.45, 7) is 3.66. The third-order valence-electron chi connectivity index (χ3n) is 5.74. The summed E-state index contributed by atoms with van der Waals surface area (Å²) in [6, 6.07) is 9.73. The van der Waals surface area contributed by atoms with Gasteiger partial charge in [0.25, 0.3) is 5.91 Å². The summed E-state index contributed by atoms with van der Waals surface area (Å²) < 4.78 is 17.1. The molecule has 4 rings (SSSR count). The number of rotatable bonds is 8.